The molecule has 1 N–H and O–H groups in total. The Morgan fingerprint density at radius 3 is 2.71 bits per heavy atom. The van der Waals surface area contributed by atoms with E-state index >= 15 is 0 Å². The molecule has 1 atom stereocenters. The zero-order valence-corrected chi connectivity index (χ0v) is 16.4. The van der Waals surface area contributed by atoms with E-state index in [1.54, 1.807) is 30.2 Å². The van der Waals surface area contributed by atoms with Crippen molar-refractivity contribution in [3.05, 3.63) is 39.9 Å². The van der Waals surface area contributed by atoms with E-state index in [0.717, 1.165) is 25.1 Å². The van der Waals surface area contributed by atoms with E-state index in [1.165, 1.54) is 11.3 Å². The first-order valence-corrected chi connectivity index (χ1v) is 9.81. The first kappa shape index (κ1) is 18.4. The quantitative estimate of drug-likeness (QED) is 0.498. The molecule has 9 nitrogen and oxygen atoms in total. The number of rotatable bonds is 6. The average Bonchev–Trinajstić information content (AvgIpc) is 3.28. The molecule has 1 saturated heterocycles. The van der Waals surface area contributed by atoms with Gasteiger partial charge in [-0.15, -0.1) is 0 Å². The lowest BCUT2D eigenvalue weighted by Gasteiger charge is -2.33. The summed E-state index contributed by atoms with van der Waals surface area (Å²) >= 11 is 1.39. The van der Waals surface area contributed by atoms with Gasteiger partial charge in [0.1, 0.15) is 17.7 Å². The number of hydrogen-bond acceptors (Lipinski definition) is 8. The van der Waals surface area contributed by atoms with Crippen LogP contribution in [0.5, 0.6) is 11.5 Å². The number of nitro groups is 1. The molecule has 4 rings (SSSR count). The number of fused-ring (bicyclic) bond motifs is 1. The van der Waals surface area contributed by atoms with Crippen molar-refractivity contribution in [3.63, 3.8) is 0 Å². The van der Waals surface area contributed by atoms with Gasteiger partial charge in [-0.05, 0) is 17.8 Å². The summed E-state index contributed by atoms with van der Waals surface area (Å²) in [6.07, 6.45) is 3.57. The third-order valence-electron chi connectivity index (χ3n) is 4.84. The number of ether oxygens (including phenoxy) is 2. The van der Waals surface area contributed by atoms with Crippen molar-refractivity contribution < 1.29 is 14.4 Å². The number of hydrogen-bond donors (Lipinski definition) is 1. The maximum atomic E-state index is 11.6. The molecule has 28 heavy (non-hydrogen) atoms. The van der Waals surface area contributed by atoms with Gasteiger partial charge >= 0.3 is 5.82 Å². The molecule has 0 saturated carbocycles. The third kappa shape index (κ3) is 3.42. The lowest BCUT2D eigenvalue weighted by molar-refractivity contribution is -0.389. The smallest absolute Gasteiger partial charge is 0.373 e. The molecule has 1 aliphatic heterocycles. The van der Waals surface area contributed by atoms with Crippen molar-refractivity contribution >= 4 is 33.6 Å². The first-order chi connectivity index (χ1) is 13.6. The van der Waals surface area contributed by atoms with Gasteiger partial charge in [0.25, 0.3) is 4.96 Å². The van der Waals surface area contributed by atoms with Crippen molar-refractivity contribution in [1.82, 2.24) is 9.38 Å². The average molecular weight is 403 g/mol. The van der Waals surface area contributed by atoms with E-state index in [2.05, 4.69) is 10.3 Å². The first-order valence-electron chi connectivity index (χ1n) is 8.93. The summed E-state index contributed by atoms with van der Waals surface area (Å²) in [5, 5.41) is 16.9. The Balaban J connectivity index is 1.56. The largest absolute Gasteiger partial charge is 0.497 e. The van der Waals surface area contributed by atoms with Crippen LogP contribution < -0.4 is 19.7 Å². The fourth-order valence-electron chi connectivity index (χ4n) is 3.56. The second kappa shape index (κ2) is 7.55. The summed E-state index contributed by atoms with van der Waals surface area (Å²) in [6, 6.07) is 5.77. The highest BCUT2D eigenvalue weighted by Crippen LogP contribution is 2.33. The van der Waals surface area contributed by atoms with E-state index in [9.17, 15) is 10.1 Å². The zero-order valence-electron chi connectivity index (χ0n) is 15.6. The minimum absolute atomic E-state index is 0.0277. The summed E-state index contributed by atoms with van der Waals surface area (Å²) < 4.78 is 12.2. The minimum atomic E-state index is -0.355. The Morgan fingerprint density at radius 2 is 2.04 bits per heavy atom. The van der Waals surface area contributed by atoms with Gasteiger partial charge in [-0.25, -0.2) is 0 Å². The van der Waals surface area contributed by atoms with E-state index in [0.29, 0.717) is 28.8 Å². The molecule has 1 aliphatic rings. The second-order valence-electron chi connectivity index (χ2n) is 6.60. The van der Waals surface area contributed by atoms with Crippen molar-refractivity contribution in [2.24, 2.45) is 0 Å². The molecule has 148 valence electrons. The number of nitrogens with one attached hydrogen (secondary N) is 1. The molecule has 3 heterocycles. The fraction of sp³-hybridized carbons (Fsp3) is 0.389. The van der Waals surface area contributed by atoms with E-state index in [-0.39, 0.29) is 16.8 Å². The number of methoxy groups -OCH3 is 2. The molecule has 0 spiro atoms. The summed E-state index contributed by atoms with van der Waals surface area (Å²) in [5.74, 6) is 1.88. The van der Waals surface area contributed by atoms with Crippen LogP contribution in [-0.4, -0.2) is 47.7 Å². The molecule has 1 unspecified atom stereocenters. The van der Waals surface area contributed by atoms with E-state index in [1.807, 2.05) is 23.1 Å². The van der Waals surface area contributed by atoms with E-state index < -0.39 is 0 Å². The molecule has 1 fully saturated rings. The van der Waals surface area contributed by atoms with Crippen LogP contribution >= 0.6 is 11.3 Å². The van der Waals surface area contributed by atoms with Gasteiger partial charge in [0.2, 0.25) is 5.82 Å². The monoisotopic (exact) mass is 403 g/mol. The zero-order chi connectivity index (χ0) is 19.7. The number of nitrogens with zero attached hydrogens (tertiary/aromatic N) is 4. The van der Waals surface area contributed by atoms with Crippen LogP contribution in [0.2, 0.25) is 0 Å². The molecule has 0 amide bonds. The van der Waals surface area contributed by atoms with Crippen LogP contribution in [0.3, 0.4) is 0 Å². The number of benzene rings is 1. The van der Waals surface area contributed by atoms with Crippen LogP contribution in [0.4, 0.5) is 17.3 Å². The van der Waals surface area contributed by atoms with Crippen molar-refractivity contribution in [3.8, 4) is 11.5 Å². The number of piperidine rings is 1. The Bertz CT molecular complexity index is 979. The molecule has 0 bridgehead atoms. The lowest BCUT2D eigenvalue weighted by Crippen LogP contribution is -2.42. The molecular weight excluding hydrogens is 382 g/mol. The molecule has 10 heteroatoms. The Morgan fingerprint density at radius 1 is 1.29 bits per heavy atom. The van der Waals surface area contributed by atoms with Crippen LogP contribution in [0.25, 0.3) is 4.96 Å². The molecule has 0 aliphatic carbocycles. The van der Waals surface area contributed by atoms with Gasteiger partial charge in [-0.3, -0.25) is 0 Å². The van der Waals surface area contributed by atoms with Crippen molar-refractivity contribution in [1.29, 1.82) is 0 Å². The van der Waals surface area contributed by atoms with Crippen molar-refractivity contribution in [2.75, 3.05) is 37.5 Å². The molecular formula is C18H21N5O4S. The van der Waals surface area contributed by atoms with Crippen LogP contribution in [-0.2, 0) is 0 Å². The molecule has 2 aromatic heterocycles. The summed E-state index contributed by atoms with van der Waals surface area (Å²) in [6.45, 7) is 1.37. The minimum Gasteiger partial charge on any atom is -0.497 e. The van der Waals surface area contributed by atoms with Gasteiger partial charge in [0.15, 0.2) is 0 Å². The topological polar surface area (TPSA) is 94.2 Å². The molecule has 3 aromatic rings. The van der Waals surface area contributed by atoms with Crippen LogP contribution in [0, 0.1) is 10.1 Å². The van der Waals surface area contributed by atoms with Gasteiger partial charge in [-0.1, -0.05) is 11.3 Å². The van der Waals surface area contributed by atoms with Gasteiger partial charge in [0.05, 0.1) is 14.2 Å². The SMILES string of the molecule is COc1cc(NC2CCCN(c3nc4sccn4c3[N+](=O)[O-])C2)cc(OC)c1. The number of thiazole rings is 1. The predicted molar refractivity (Wildman–Crippen MR) is 108 cm³/mol. The van der Waals surface area contributed by atoms with Gasteiger partial charge < -0.3 is 29.8 Å². The van der Waals surface area contributed by atoms with Crippen LogP contribution in [0.1, 0.15) is 12.8 Å². The maximum absolute atomic E-state index is 11.6. The van der Waals surface area contributed by atoms with Crippen molar-refractivity contribution in [2.45, 2.75) is 18.9 Å². The number of aromatic nitrogens is 2. The second-order valence-corrected chi connectivity index (χ2v) is 7.48. The van der Waals surface area contributed by atoms with Gasteiger partial charge in [0, 0.05) is 48.4 Å². The predicted octanol–water partition coefficient (Wildman–Crippen LogP) is 3.40. The maximum Gasteiger partial charge on any atom is 0.373 e. The Labute approximate surface area is 165 Å². The lowest BCUT2D eigenvalue weighted by atomic mass is 10.1. The summed E-state index contributed by atoms with van der Waals surface area (Å²) in [4.78, 5) is 18.4. The van der Waals surface area contributed by atoms with E-state index in [4.69, 9.17) is 9.47 Å². The summed E-state index contributed by atoms with van der Waals surface area (Å²) in [5.41, 5.74) is 0.892. The highest BCUT2D eigenvalue weighted by molar-refractivity contribution is 7.15. The molecule has 1 aromatic carbocycles. The molecule has 0 radical (unpaired) electrons. The Hall–Kier alpha value is -3.01. The highest BCUT2D eigenvalue weighted by Gasteiger charge is 2.31. The standard InChI is InChI=1S/C18H21N5O4S/c1-26-14-8-13(9-15(10-14)27-2)19-12-4-3-5-21(11-12)16-17(23(24)25)22-6-7-28-18(22)20-16/h6-10,12,19H,3-5,11H2,1-2H3. The van der Waals surface area contributed by atoms with Crippen LogP contribution in [0.15, 0.2) is 29.8 Å². The normalized spacial score (nSPS) is 16.9. The van der Waals surface area contributed by atoms with Gasteiger partial charge in [-0.2, -0.15) is 9.38 Å². The Kier molecular flexibility index (Phi) is 4.95. The highest BCUT2D eigenvalue weighted by atomic mass is 32.1. The summed E-state index contributed by atoms with van der Waals surface area (Å²) in [7, 11) is 3.23. The number of imidazole rings is 1. The number of anilines is 2. The fourth-order valence-corrected chi connectivity index (χ4v) is 4.26. The third-order valence-corrected chi connectivity index (χ3v) is 5.59.